The van der Waals surface area contributed by atoms with E-state index in [0.29, 0.717) is 13.1 Å². The number of nitrogens with zero attached hydrogens (tertiary/aromatic N) is 1. The Hall–Kier alpha value is -2.55. The Morgan fingerprint density at radius 3 is 2.23 bits per heavy atom. The molecule has 1 amide bonds. The molecule has 0 aliphatic carbocycles. The first-order valence-electron chi connectivity index (χ1n) is 8.75. The Kier molecular flexibility index (Phi) is 6.25. The average molecular weight is 351 g/mol. The van der Waals surface area contributed by atoms with Crippen molar-refractivity contribution in [1.29, 1.82) is 0 Å². The molecule has 26 heavy (non-hydrogen) atoms. The molecule has 0 saturated heterocycles. The van der Waals surface area contributed by atoms with Gasteiger partial charge in [0.15, 0.2) is 0 Å². The summed E-state index contributed by atoms with van der Waals surface area (Å²) >= 11 is 0. The van der Waals surface area contributed by atoms with E-state index in [4.69, 9.17) is 4.74 Å². The number of rotatable bonds is 2. The van der Waals surface area contributed by atoms with Crippen molar-refractivity contribution < 1.29 is 9.53 Å². The van der Waals surface area contributed by atoms with Crippen LogP contribution in [0.1, 0.15) is 40.2 Å². The van der Waals surface area contributed by atoms with E-state index < -0.39 is 5.60 Å². The molecule has 3 rings (SSSR count). The highest BCUT2D eigenvalue weighted by Crippen LogP contribution is 2.27. The molecule has 0 saturated carbocycles. The molecule has 1 aliphatic rings. The van der Waals surface area contributed by atoms with Crippen LogP contribution in [0.25, 0.3) is 16.7 Å². The van der Waals surface area contributed by atoms with Gasteiger partial charge in [0.25, 0.3) is 0 Å². The largest absolute Gasteiger partial charge is 0.444 e. The second-order valence-electron chi connectivity index (χ2n) is 7.35. The van der Waals surface area contributed by atoms with Gasteiger partial charge >= 0.3 is 6.09 Å². The number of carbonyl (C=O) groups is 1. The fraction of sp³-hybridized carbons (Fsp3) is 0.348. The molecule has 2 aromatic carbocycles. The Labute approximate surface area is 157 Å². The van der Waals surface area contributed by atoms with Crippen LogP contribution in [0.5, 0.6) is 0 Å². The van der Waals surface area contributed by atoms with Gasteiger partial charge in [0.05, 0.1) is 0 Å². The highest BCUT2D eigenvalue weighted by Gasteiger charge is 2.23. The van der Waals surface area contributed by atoms with Crippen molar-refractivity contribution in [2.45, 2.75) is 40.2 Å². The van der Waals surface area contributed by atoms with E-state index in [-0.39, 0.29) is 13.5 Å². The van der Waals surface area contributed by atoms with Gasteiger partial charge in [0, 0.05) is 13.1 Å². The number of benzene rings is 2. The van der Waals surface area contributed by atoms with E-state index in [0.717, 1.165) is 6.42 Å². The summed E-state index contributed by atoms with van der Waals surface area (Å²) in [7, 11) is 0. The molecule has 0 fully saturated rings. The van der Waals surface area contributed by atoms with Crippen LogP contribution in [0.2, 0.25) is 0 Å². The van der Waals surface area contributed by atoms with Crippen LogP contribution in [0.15, 0.2) is 60.7 Å². The monoisotopic (exact) mass is 351 g/mol. The smallest absolute Gasteiger partial charge is 0.410 e. The van der Waals surface area contributed by atoms with Crippen molar-refractivity contribution in [2.24, 2.45) is 0 Å². The quantitative estimate of drug-likeness (QED) is 0.662. The van der Waals surface area contributed by atoms with Gasteiger partial charge in [-0.1, -0.05) is 62.0 Å². The summed E-state index contributed by atoms with van der Waals surface area (Å²) in [5, 5.41) is 0. The molecule has 0 radical (unpaired) electrons. The molecule has 0 N–H and O–H groups in total. The summed E-state index contributed by atoms with van der Waals surface area (Å²) in [6, 6.07) is 19.0. The second-order valence-corrected chi connectivity index (χ2v) is 7.35. The molecule has 138 valence electrons. The minimum atomic E-state index is -0.453. The van der Waals surface area contributed by atoms with E-state index in [1.807, 2.05) is 26.8 Å². The average Bonchev–Trinajstić information content (AvgIpc) is 2.61. The van der Waals surface area contributed by atoms with Gasteiger partial charge in [-0.25, -0.2) is 4.79 Å². The molecule has 3 heteroatoms. The lowest BCUT2D eigenvalue weighted by atomic mass is 9.96. The van der Waals surface area contributed by atoms with Gasteiger partial charge in [-0.15, -0.1) is 0 Å². The number of ether oxygens (including phenoxy) is 1. The van der Waals surface area contributed by atoms with Crippen LogP contribution in [-0.4, -0.2) is 29.7 Å². The predicted molar refractivity (Wildman–Crippen MR) is 109 cm³/mol. The summed E-state index contributed by atoms with van der Waals surface area (Å²) in [5.41, 5.74) is 4.50. The molecule has 0 aromatic heterocycles. The molecule has 1 aliphatic heterocycles. The van der Waals surface area contributed by atoms with Crippen molar-refractivity contribution in [2.75, 3.05) is 13.1 Å². The zero-order valence-corrected chi connectivity index (χ0v) is 15.2. The second kappa shape index (κ2) is 8.22. The van der Waals surface area contributed by atoms with Crippen molar-refractivity contribution in [1.82, 2.24) is 4.90 Å². The fourth-order valence-corrected chi connectivity index (χ4v) is 2.95. The van der Waals surface area contributed by atoms with Crippen molar-refractivity contribution in [3.05, 3.63) is 66.2 Å². The highest BCUT2D eigenvalue weighted by atomic mass is 16.6. The topological polar surface area (TPSA) is 29.5 Å². The first-order chi connectivity index (χ1) is 11.9. The van der Waals surface area contributed by atoms with Crippen molar-refractivity contribution in [3.8, 4) is 11.1 Å². The van der Waals surface area contributed by atoms with E-state index in [2.05, 4.69) is 54.6 Å². The molecule has 0 atom stereocenters. The van der Waals surface area contributed by atoms with Crippen LogP contribution >= 0.6 is 0 Å². The Morgan fingerprint density at radius 2 is 1.62 bits per heavy atom. The maximum absolute atomic E-state index is 12.2. The first-order valence-corrected chi connectivity index (χ1v) is 8.75. The molecular weight excluding hydrogens is 322 g/mol. The molecule has 0 spiro atoms. The van der Waals surface area contributed by atoms with Gasteiger partial charge in [0.2, 0.25) is 0 Å². The van der Waals surface area contributed by atoms with Gasteiger partial charge in [0.1, 0.15) is 5.60 Å². The molecular formula is C23H29NO2. The third-order valence-corrected chi connectivity index (χ3v) is 4.20. The van der Waals surface area contributed by atoms with E-state index in [1.165, 1.54) is 22.3 Å². The Balaban J connectivity index is 0.00000243. The third kappa shape index (κ3) is 4.98. The van der Waals surface area contributed by atoms with Crippen LogP contribution in [0, 0.1) is 0 Å². The van der Waals surface area contributed by atoms with Gasteiger partial charge in [-0.05, 0) is 55.5 Å². The maximum atomic E-state index is 12.2. The molecule has 3 nitrogen and oxygen atoms in total. The molecule has 1 heterocycles. The number of carbonyl (C=O) groups excluding carboxylic acids is 1. The minimum absolute atomic E-state index is 0. The SMILES string of the molecule is C.CC(C)(C)OC(=O)N1CC=C(c2cccc(-c3ccccc3)c2)CC1. The predicted octanol–water partition coefficient (Wildman–Crippen LogP) is 6.01. The Morgan fingerprint density at radius 1 is 0.962 bits per heavy atom. The molecule has 0 unspecified atom stereocenters. The lowest BCUT2D eigenvalue weighted by molar-refractivity contribution is 0.0270. The summed E-state index contributed by atoms with van der Waals surface area (Å²) in [5.74, 6) is 0. The number of hydrogen-bond donors (Lipinski definition) is 0. The first kappa shape index (κ1) is 19.8. The maximum Gasteiger partial charge on any atom is 0.410 e. The van der Waals surface area contributed by atoms with Crippen LogP contribution in [-0.2, 0) is 4.74 Å². The van der Waals surface area contributed by atoms with E-state index in [9.17, 15) is 4.79 Å². The fourth-order valence-electron chi connectivity index (χ4n) is 2.95. The van der Waals surface area contributed by atoms with E-state index in [1.54, 1.807) is 4.90 Å². The van der Waals surface area contributed by atoms with E-state index >= 15 is 0 Å². The lowest BCUT2D eigenvalue weighted by Crippen LogP contribution is -2.39. The summed E-state index contributed by atoms with van der Waals surface area (Å²) in [6.45, 7) is 6.97. The molecule has 2 aromatic rings. The third-order valence-electron chi connectivity index (χ3n) is 4.20. The minimum Gasteiger partial charge on any atom is -0.444 e. The summed E-state index contributed by atoms with van der Waals surface area (Å²) < 4.78 is 5.45. The number of hydrogen-bond acceptors (Lipinski definition) is 2. The summed E-state index contributed by atoms with van der Waals surface area (Å²) in [4.78, 5) is 13.9. The van der Waals surface area contributed by atoms with Gasteiger partial charge in [-0.3, -0.25) is 0 Å². The van der Waals surface area contributed by atoms with Crippen LogP contribution in [0.3, 0.4) is 0 Å². The Bertz CT molecular complexity index is 772. The number of amides is 1. The standard InChI is InChI=1S/C22H25NO2.CH4/c1-22(2,3)25-21(24)23-14-12-18(13-15-23)20-11-7-10-19(16-20)17-8-5-4-6-9-17;/h4-12,16H,13-15H2,1-3H3;1H4. The lowest BCUT2D eigenvalue weighted by Gasteiger charge is -2.29. The van der Waals surface area contributed by atoms with Crippen molar-refractivity contribution >= 4 is 11.7 Å². The van der Waals surface area contributed by atoms with Crippen molar-refractivity contribution in [3.63, 3.8) is 0 Å². The zero-order chi connectivity index (χ0) is 17.9. The normalized spacial score (nSPS) is 14.3. The van der Waals surface area contributed by atoms with Gasteiger partial charge < -0.3 is 9.64 Å². The molecule has 0 bridgehead atoms. The van der Waals surface area contributed by atoms with Crippen LogP contribution < -0.4 is 0 Å². The highest BCUT2D eigenvalue weighted by molar-refractivity contribution is 5.75. The zero-order valence-electron chi connectivity index (χ0n) is 15.2. The summed E-state index contributed by atoms with van der Waals surface area (Å²) in [6.07, 6.45) is 2.75. The van der Waals surface area contributed by atoms with Gasteiger partial charge in [-0.2, -0.15) is 0 Å². The van der Waals surface area contributed by atoms with Crippen LogP contribution in [0.4, 0.5) is 4.79 Å².